The van der Waals surface area contributed by atoms with E-state index in [1.54, 1.807) is 36.0 Å². The number of aryl methyl sites for hydroxylation is 1. The lowest BCUT2D eigenvalue weighted by Crippen LogP contribution is -2.52. The number of carbonyl (C=O) groups is 2. The van der Waals surface area contributed by atoms with Crippen molar-refractivity contribution in [3.63, 3.8) is 0 Å². The molecular weight excluding hydrogens is 398 g/mol. The molecule has 2 aliphatic rings. The van der Waals surface area contributed by atoms with Gasteiger partial charge in [0, 0.05) is 51.7 Å². The minimum absolute atomic E-state index is 0.0691. The zero-order valence-electron chi connectivity index (χ0n) is 17.9. The number of anilines is 1. The van der Waals surface area contributed by atoms with Crippen molar-refractivity contribution < 1.29 is 19.2 Å². The number of carbonyl (C=O) groups excluding carboxylic acids is 2. The van der Waals surface area contributed by atoms with Crippen molar-refractivity contribution in [1.29, 1.82) is 0 Å². The monoisotopic (exact) mass is 423 g/mol. The molecule has 2 aromatic rings. The Bertz CT molecular complexity index is 1070. The van der Waals surface area contributed by atoms with E-state index >= 15 is 0 Å². The zero-order valence-corrected chi connectivity index (χ0v) is 17.9. The molecule has 1 spiro atoms. The van der Waals surface area contributed by atoms with E-state index in [4.69, 9.17) is 4.74 Å². The molecule has 162 valence electrons. The SMILES string of the molecule is Cc1ccc2c(c1)C(=O)CC1(CCN(C(=O)c3ccc(N(C)C)c([N+](=O)[O-])c3)CC1)O2. The molecule has 0 radical (unpaired) electrons. The van der Waals surface area contributed by atoms with Crippen LogP contribution in [-0.2, 0) is 0 Å². The van der Waals surface area contributed by atoms with Crippen molar-refractivity contribution in [2.75, 3.05) is 32.1 Å². The second-order valence-electron chi connectivity index (χ2n) is 8.53. The minimum Gasteiger partial charge on any atom is -0.486 e. The Balaban J connectivity index is 1.50. The summed E-state index contributed by atoms with van der Waals surface area (Å²) in [7, 11) is 3.44. The third-order valence-corrected chi connectivity index (χ3v) is 6.11. The van der Waals surface area contributed by atoms with E-state index in [0.29, 0.717) is 49.4 Å². The van der Waals surface area contributed by atoms with Gasteiger partial charge in [-0.05, 0) is 31.2 Å². The Kier molecular flexibility index (Phi) is 5.16. The van der Waals surface area contributed by atoms with Crippen molar-refractivity contribution in [1.82, 2.24) is 4.90 Å². The van der Waals surface area contributed by atoms with Crippen LogP contribution >= 0.6 is 0 Å². The summed E-state index contributed by atoms with van der Waals surface area (Å²) in [6, 6.07) is 10.2. The minimum atomic E-state index is -0.600. The van der Waals surface area contributed by atoms with Gasteiger partial charge in [-0.2, -0.15) is 0 Å². The summed E-state index contributed by atoms with van der Waals surface area (Å²) in [4.78, 5) is 40.0. The average Bonchev–Trinajstić information content (AvgIpc) is 2.74. The van der Waals surface area contributed by atoms with E-state index in [1.165, 1.54) is 6.07 Å². The molecule has 0 unspecified atom stereocenters. The van der Waals surface area contributed by atoms with Crippen LogP contribution in [0.4, 0.5) is 11.4 Å². The number of ketones is 1. The number of amides is 1. The average molecular weight is 423 g/mol. The van der Waals surface area contributed by atoms with Crippen LogP contribution in [0.5, 0.6) is 5.75 Å². The van der Waals surface area contributed by atoms with Crippen LogP contribution in [0.1, 0.15) is 45.5 Å². The third-order valence-electron chi connectivity index (χ3n) is 6.11. The number of Topliss-reactive ketones (excluding diaryl/α,β-unsaturated/α-hetero) is 1. The molecule has 8 heteroatoms. The van der Waals surface area contributed by atoms with Crippen LogP contribution < -0.4 is 9.64 Å². The lowest BCUT2D eigenvalue weighted by atomic mass is 9.82. The Morgan fingerprint density at radius 1 is 1.16 bits per heavy atom. The van der Waals surface area contributed by atoms with Gasteiger partial charge in [0.15, 0.2) is 5.78 Å². The van der Waals surface area contributed by atoms with Gasteiger partial charge < -0.3 is 14.5 Å². The number of hydrogen-bond donors (Lipinski definition) is 0. The van der Waals surface area contributed by atoms with Gasteiger partial charge in [-0.3, -0.25) is 19.7 Å². The fraction of sp³-hybridized carbons (Fsp3) is 0.391. The number of fused-ring (bicyclic) bond motifs is 1. The molecule has 0 aliphatic carbocycles. The number of nitrogens with zero attached hydrogens (tertiary/aromatic N) is 3. The van der Waals surface area contributed by atoms with Gasteiger partial charge in [0.1, 0.15) is 17.0 Å². The summed E-state index contributed by atoms with van der Waals surface area (Å²) in [6.07, 6.45) is 1.37. The molecule has 1 saturated heterocycles. The fourth-order valence-electron chi connectivity index (χ4n) is 4.37. The standard InChI is InChI=1S/C23H25N3O5/c1-15-4-7-21-17(12-15)20(27)14-23(31-21)8-10-25(11-9-23)22(28)16-5-6-18(24(2)3)19(13-16)26(29)30/h4-7,12-13H,8-11,14H2,1-3H3. The number of nitro benzene ring substituents is 1. The summed E-state index contributed by atoms with van der Waals surface area (Å²) < 4.78 is 6.26. The number of hydrogen-bond acceptors (Lipinski definition) is 6. The number of nitro groups is 1. The Hall–Kier alpha value is -3.42. The van der Waals surface area contributed by atoms with Gasteiger partial charge in [0.25, 0.3) is 11.6 Å². The van der Waals surface area contributed by atoms with Crippen molar-refractivity contribution in [2.24, 2.45) is 0 Å². The molecule has 0 atom stereocenters. The molecule has 4 rings (SSSR count). The van der Waals surface area contributed by atoms with Gasteiger partial charge in [0.05, 0.1) is 16.9 Å². The lowest BCUT2D eigenvalue weighted by Gasteiger charge is -2.44. The van der Waals surface area contributed by atoms with Gasteiger partial charge in [-0.1, -0.05) is 11.6 Å². The summed E-state index contributed by atoms with van der Waals surface area (Å²) in [6.45, 7) is 2.80. The molecule has 0 N–H and O–H groups in total. The zero-order chi connectivity index (χ0) is 22.3. The fourth-order valence-corrected chi connectivity index (χ4v) is 4.37. The topological polar surface area (TPSA) is 93.0 Å². The van der Waals surface area contributed by atoms with E-state index in [0.717, 1.165) is 5.56 Å². The maximum atomic E-state index is 13.0. The molecule has 0 saturated carbocycles. The first kappa shape index (κ1) is 20.8. The maximum absolute atomic E-state index is 13.0. The largest absolute Gasteiger partial charge is 0.486 e. The van der Waals surface area contributed by atoms with Crippen LogP contribution in [0.2, 0.25) is 0 Å². The molecule has 0 bridgehead atoms. The smallest absolute Gasteiger partial charge is 0.293 e. The van der Waals surface area contributed by atoms with Gasteiger partial charge in [-0.25, -0.2) is 0 Å². The van der Waals surface area contributed by atoms with Crippen LogP contribution in [0, 0.1) is 17.0 Å². The van der Waals surface area contributed by atoms with Crippen LogP contribution in [0.15, 0.2) is 36.4 Å². The van der Waals surface area contributed by atoms with E-state index in [1.807, 2.05) is 25.1 Å². The number of rotatable bonds is 3. The van der Waals surface area contributed by atoms with E-state index in [-0.39, 0.29) is 22.9 Å². The number of piperidine rings is 1. The molecule has 0 aromatic heterocycles. The Morgan fingerprint density at radius 3 is 2.52 bits per heavy atom. The first-order valence-corrected chi connectivity index (χ1v) is 10.3. The summed E-state index contributed by atoms with van der Waals surface area (Å²) in [5.74, 6) is 0.428. The Morgan fingerprint density at radius 2 is 1.87 bits per heavy atom. The molecule has 31 heavy (non-hydrogen) atoms. The van der Waals surface area contributed by atoms with Crippen molar-refractivity contribution >= 4 is 23.1 Å². The van der Waals surface area contributed by atoms with Crippen LogP contribution in [0.25, 0.3) is 0 Å². The number of benzene rings is 2. The second-order valence-corrected chi connectivity index (χ2v) is 8.53. The van der Waals surface area contributed by atoms with Crippen molar-refractivity contribution in [3.05, 3.63) is 63.2 Å². The summed E-state index contributed by atoms with van der Waals surface area (Å²) in [5, 5.41) is 11.4. The highest BCUT2D eigenvalue weighted by molar-refractivity contribution is 6.00. The normalized spacial score (nSPS) is 17.1. The van der Waals surface area contributed by atoms with Gasteiger partial charge >= 0.3 is 0 Å². The van der Waals surface area contributed by atoms with Gasteiger partial charge in [0.2, 0.25) is 0 Å². The Labute approximate surface area is 180 Å². The molecule has 8 nitrogen and oxygen atoms in total. The predicted molar refractivity (Wildman–Crippen MR) is 116 cm³/mol. The highest BCUT2D eigenvalue weighted by atomic mass is 16.6. The van der Waals surface area contributed by atoms with Crippen LogP contribution in [-0.4, -0.2) is 54.3 Å². The second kappa shape index (κ2) is 7.68. The van der Waals surface area contributed by atoms with Crippen molar-refractivity contribution in [2.45, 2.75) is 31.8 Å². The van der Waals surface area contributed by atoms with Crippen molar-refractivity contribution in [3.8, 4) is 5.75 Å². The highest BCUT2D eigenvalue weighted by Crippen LogP contribution is 2.40. The molecular formula is C23H25N3O5. The maximum Gasteiger partial charge on any atom is 0.293 e. The molecule has 1 amide bonds. The van der Waals surface area contributed by atoms with E-state index in [9.17, 15) is 19.7 Å². The highest BCUT2D eigenvalue weighted by Gasteiger charge is 2.43. The molecule has 2 aromatic carbocycles. The van der Waals surface area contributed by atoms with Crippen LogP contribution in [0.3, 0.4) is 0 Å². The van der Waals surface area contributed by atoms with E-state index < -0.39 is 10.5 Å². The van der Waals surface area contributed by atoms with Gasteiger partial charge in [-0.15, -0.1) is 0 Å². The number of likely N-dealkylation sites (tertiary alicyclic amines) is 1. The summed E-state index contributed by atoms with van der Waals surface area (Å²) in [5.41, 5.74) is 1.67. The molecule has 2 aliphatic heterocycles. The third kappa shape index (κ3) is 3.85. The molecule has 2 heterocycles. The first-order valence-electron chi connectivity index (χ1n) is 10.3. The number of ether oxygens (including phenoxy) is 1. The quantitative estimate of drug-likeness (QED) is 0.553. The summed E-state index contributed by atoms with van der Waals surface area (Å²) >= 11 is 0. The lowest BCUT2D eigenvalue weighted by molar-refractivity contribution is -0.384. The predicted octanol–water partition coefficient (Wildman–Crippen LogP) is 3.61. The van der Waals surface area contributed by atoms with E-state index in [2.05, 4.69) is 0 Å². The molecule has 1 fully saturated rings. The first-order chi connectivity index (χ1) is 14.7.